The van der Waals surface area contributed by atoms with Gasteiger partial charge in [0.1, 0.15) is 0 Å². The molecule has 0 radical (unpaired) electrons. The first-order chi connectivity index (χ1) is 14.1. The van der Waals surface area contributed by atoms with E-state index in [0.717, 1.165) is 36.8 Å². The highest BCUT2D eigenvalue weighted by molar-refractivity contribution is 5.90. The van der Waals surface area contributed by atoms with Crippen LogP contribution < -0.4 is 15.1 Å². The van der Waals surface area contributed by atoms with Crippen molar-refractivity contribution in [2.24, 2.45) is 10.8 Å². The van der Waals surface area contributed by atoms with Gasteiger partial charge in [-0.25, -0.2) is 4.79 Å². The minimum Gasteiger partial charge on any atom is -0.493 e. The normalized spacial score (nSPS) is 24.9. The molecule has 162 valence electrons. The van der Waals surface area contributed by atoms with Crippen molar-refractivity contribution in [2.75, 3.05) is 20.8 Å². The Kier molecular flexibility index (Phi) is 4.87. The Hall–Kier alpha value is -2.50. The van der Waals surface area contributed by atoms with Crippen LogP contribution in [0.25, 0.3) is 11.0 Å². The number of ether oxygens (including phenoxy) is 2. The molecule has 4 rings (SSSR count). The maximum Gasteiger partial charge on any atom is 0.340 e. The lowest BCUT2D eigenvalue weighted by molar-refractivity contribution is -0.131. The molecule has 1 aromatic heterocycles. The third kappa shape index (κ3) is 3.36. The summed E-state index contributed by atoms with van der Waals surface area (Å²) in [7, 11) is 3.05. The molecule has 2 heterocycles. The van der Waals surface area contributed by atoms with Crippen LogP contribution in [0.4, 0.5) is 0 Å². The average Bonchev–Trinajstić information content (AvgIpc) is 2.92. The highest BCUT2D eigenvalue weighted by Crippen LogP contribution is 2.52. The molecular formula is C24H31NO5. The van der Waals surface area contributed by atoms with Gasteiger partial charge in [-0.2, -0.15) is 0 Å². The van der Waals surface area contributed by atoms with Gasteiger partial charge in [0.2, 0.25) is 11.7 Å². The number of hydrogen-bond donors (Lipinski definition) is 0. The zero-order chi connectivity index (χ0) is 21.8. The number of carbonyl (C=O) groups is 1. The van der Waals surface area contributed by atoms with E-state index in [1.807, 2.05) is 17.9 Å². The van der Waals surface area contributed by atoms with Gasteiger partial charge < -0.3 is 18.8 Å². The first-order valence-electron chi connectivity index (χ1n) is 10.5. The SMILES string of the molecule is COc1ccc2c(C)c(CC(=O)N3C[C@@]4(C)C[C@H]3CC(C)(C)C4)c(=O)oc2c1OC. The summed E-state index contributed by atoms with van der Waals surface area (Å²) in [6.45, 7) is 9.48. The van der Waals surface area contributed by atoms with Crippen LogP contribution in [-0.4, -0.2) is 37.6 Å². The molecule has 2 bridgehead atoms. The molecule has 1 saturated carbocycles. The first kappa shape index (κ1) is 20.8. The molecular weight excluding hydrogens is 382 g/mol. The molecule has 1 aliphatic heterocycles. The molecule has 2 aromatic rings. The van der Waals surface area contributed by atoms with Crippen LogP contribution in [0.2, 0.25) is 0 Å². The summed E-state index contributed by atoms with van der Waals surface area (Å²) in [5, 5.41) is 0.753. The second-order valence-electron chi connectivity index (χ2n) is 10.1. The minimum atomic E-state index is -0.492. The van der Waals surface area contributed by atoms with Gasteiger partial charge >= 0.3 is 5.63 Å². The summed E-state index contributed by atoms with van der Waals surface area (Å²) in [5.74, 6) is 0.893. The third-order valence-corrected chi connectivity index (χ3v) is 6.86. The van der Waals surface area contributed by atoms with Crippen LogP contribution in [-0.2, 0) is 11.2 Å². The molecule has 2 aliphatic rings. The molecule has 1 aliphatic carbocycles. The fourth-order valence-corrected chi connectivity index (χ4v) is 5.97. The van der Waals surface area contributed by atoms with E-state index >= 15 is 0 Å². The van der Waals surface area contributed by atoms with E-state index in [1.165, 1.54) is 14.2 Å². The zero-order valence-corrected chi connectivity index (χ0v) is 18.8. The van der Waals surface area contributed by atoms with Crippen molar-refractivity contribution >= 4 is 16.9 Å². The standard InChI is InChI=1S/C24H31NO5/c1-14-16-7-8-18(28-5)21(29-6)20(16)30-22(27)17(14)9-19(26)25-13-24(4)11-15(25)10-23(2,3)12-24/h7-8,15H,9-13H2,1-6H3/t15-,24+/m1/s1. The van der Waals surface area contributed by atoms with Crippen molar-refractivity contribution in [3.05, 3.63) is 33.7 Å². The number of amides is 1. The van der Waals surface area contributed by atoms with E-state index in [9.17, 15) is 9.59 Å². The maximum atomic E-state index is 13.3. The van der Waals surface area contributed by atoms with Crippen molar-refractivity contribution in [2.45, 2.75) is 59.4 Å². The first-order valence-corrected chi connectivity index (χ1v) is 10.5. The number of nitrogens with zero attached hydrogens (tertiary/aromatic N) is 1. The minimum absolute atomic E-state index is 0.0108. The van der Waals surface area contributed by atoms with Crippen LogP contribution >= 0.6 is 0 Å². The molecule has 1 aromatic carbocycles. The Morgan fingerprint density at radius 2 is 1.93 bits per heavy atom. The predicted molar refractivity (Wildman–Crippen MR) is 115 cm³/mol. The lowest BCUT2D eigenvalue weighted by atomic mass is 9.65. The molecule has 6 heteroatoms. The molecule has 2 atom stereocenters. The van der Waals surface area contributed by atoms with Crippen LogP contribution in [0.3, 0.4) is 0 Å². The average molecular weight is 414 g/mol. The second kappa shape index (κ2) is 7.03. The van der Waals surface area contributed by atoms with Crippen LogP contribution in [0.5, 0.6) is 11.5 Å². The summed E-state index contributed by atoms with van der Waals surface area (Å²) in [6, 6.07) is 3.88. The Balaban J connectivity index is 1.68. The van der Waals surface area contributed by atoms with E-state index in [1.54, 1.807) is 6.07 Å². The second-order valence-corrected chi connectivity index (χ2v) is 10.1. The van der Waals surface area contributed by atoms with E-state index in [4.69, 9.17) is 13.9 Å². The Morgan fingerprint density at radius 1 is 1.20 bits per heavy atom. The van der Waals surface area contributed by atoms with Gasteiger partial charge in [0.25, 0.3) is 0 Å². The summed E-state index contributed by atoms with van der Waals surface area (Å²) in [6.07, 6.45) is 3.24. The van der Waals surface area contributed by atoms with E-state index in [-0.39, 0.29) is 29.2 Å². The molecule has 30 heavy (non-hydrogen) atoms. The number of rotatable bonds is 4. The number of hydrogen-bond acceptors (Lipinski definition) is 5. The number of carbonyl (C=O) groups excluding carboxylic acids is 1. The Bertz CT molecular complexity index is 1070. The fraction of sp³-hybridized carbons (Fsp3) is 0.583. The van der Waals surface area contributed by atoms with E-state index in [2.05, 4.69) is 20.8 Å². The van der Waals surface area contributed by atoms with Crippen LogP contribution in [0, 0.1) is 17.8 Å². The highest BCUT2D eigenvalue weighted by atomic mass is 16.5. The topological polar surface area (TPSA) is 69.0 Å². The fourth-order valence-electron chi connectivity index (χ4n) is 5.97. The molecule has 1 amide bonds. The summed E-state index contributed by atoms with van der Waals surface area (Å²) in [5.41, 5.74) is 1.43. The van der Waals surface area contributed by atoms with Crippen LogP contribution in [0.15, 0.2) is 21.3 Å². The van der Waals surface area contributed by atoms with Gasteiger partial charge in [0.05, 0.1) is 26.2 Å². The van der Waals surface area contributed by atoms with Crippen molar-refractivity contribution in [3.8, 4) is 11.5 Å². The lowest BCUT2D eigenvalue weighted by Crippen LogP contribution is -2.39. The van der Waals surface area contributed by atoms with Crippen molar-refractivity contribution in [1.29, 1.82) is 0 Å². The Morgan fingerprint density at radius 3 is 2.60 bits per heavy atom. The molecule has 0 unspecified atom stereocenters. The Labute approximate surface area is 177 Å². The van der Waals surface area contributed by atoms with Crippen molar-refractivity contribution in [3.63, 3.8) is 0 Å². The molecule has 0 N–H and O–H groups in total. The van der Waals surface area contributed by atoms with Gasteiger partial charge in [-0.1, -0.05) is 20.8 Å². The molecule has 1 saturated heterocycles. The molecule has 6 nitrogen and oxygen atoms in total. The quantitative estimate of drug-likeness (QED) is 0.706. The van der Waals surface area contributed by atoms with Crippen LogP contribution in [0.1, 0.15) is 51.2 Å². The third-order valence-electron chi connectivity index (χ3n) is 6.86. The van der Waals surface area contributed by atoms with Gasteiger partial charge in [-0.15, -0.1) is 0 Å². The highest BCUT2D eigenvalue weighted by Gasteiger charge is 2.50. The van der Waals surface area contributed by atoms with E-state index < -0.39 is 5.63 Å². The molecule has 2 fully saturated rings. The van der Waals surface area contributed by atoms with Gasteiger partial charge in [-0.3, -0.25) is 4.79 Å². The van der Waals surface area contributed by atoms with Crippen molar-refractivity contribution in [1.82, 2.24) is 4.90 Å². The van der Waals surface area contributed by atoms with E-state index in [0.29, 0.717) is 22.6 Å². The monoisotopic (exact) mass is 413 g/mol. The number of aryl methyl sites for hydroxylation is 1. The number of benzene rings is 1. The maximum absolute atomic E-state index is 13.3. The largest absolute Gasteiger partial charge is 0.493 e. The number of methoxy groups -OCH3 is 2. The van der Waals surface area contributed by atoms with Gasteiger partial charge in [0.15, 0.2) is 11.3 Å². The zero-order valence-electron chi connectivity index (χ0n) is 18.8. The van der Waals surface area contributed by atoms with Gasteiger partial charge in [-0.05, 0) is 54.7 Å². The molecule has 0 spiro atoms. The van der Waals surface area contributed by atoms with Crippen molar-refractivity contribution < 1.29 is 18.7 Å². The number of fused-ring (bicyclic) bond motifs is 3. The number of likely N-dealkylation sites (tertiary alicyclic amines) is 1. The summed E-state index contributed by atoms with van der Waals surface area (Å²) < 4.78 is 16.3. The summed E-state index contributed by atoms with van der Waals surface area (Å²) >= 11 is 0. The summed E-state index contributed by atoms with van der Waals surface area (Å²) in [4.78, 5) is 28.1. The lowest BCUT2D eigenvalue weighted by Gasteiger charge is -2.39. The predicted octanol–water partition coefficient (Wildman–Crippen LogP) is 4.09. The smallest absolute Gasteiger partial charge is 0.340 e. The van der Waals surface area contributed by atoms with Gasteiger partial charge in [0, 0.05) is 18.0 Å².